The van der Waals surface area contributed by atoms with Gasteiger partial charge in [-0.1, -0.05) is 0 Å². The first kappa shape index (κ1) is 18.0. The largest absolute Gasteiger partial charge is 0.497 e. The number of benzene rings is 3. The SMILES string of the molecule is COc1ccc2c(c1)c(=O)oc1c(C)c(OCc3ccc(F)cc3F)ccc12. The van der Waals surface area contributed by atoms with Crippen LogP contribution in [0.15, 0.2) is 57.7 Å². The molecule has 0 bridgehead atoms. The van der Waals surface area contributed by atoms with E-state index in [0.29, 0.717) is 28.0 Å². The topological polar surface area (TPSA) is 48.7 Å². The fraction of sp³-hybridized carbons (Fsp3) is 0.136. The summed E-state index contributed by atoms with van der Waals surface area (Å²) in [6, 6.07) is 12.1. The first-order valence-electron chi connectivity index (χ1n) is 8.59. The Bertz CT molecular complexity index is 1260. The Labute approximate surface area is 158 Å². The molecule has 1 aromatic heterocycles. The zero-order valence-corrected chi connectivity index (χ0v) is 15.2. The summed E-state index contributed by atoms with van der Waals surface area (Å²) < 4.78 is 43.2. The number of aryl methyl sites for hydroxylation is 1. The molecule has 0 atom stereocenters. The third-order valence-electron chi connectivity index (χ3n) is 4.69. The molecular weight excluding hydrogens is 366 g/mol. The van der Waals surface area contributed by atoms with Crippen molar-refractivity contribution in [3.05, 3.63) is 81.7 Å². The van der Waals surface area contributed by atoms with Crippen molar-refractivity contribution in [3.8, 4) is 11.5 Å². The second kappa shape index (κ2) is 6.96. The molecule has 3 aromatic carbocycles. The monoisotopic (exact) mass is 382 g/mol. The van der Waals surface area contributed by atoms with Crippen LogP contribution in [-0.2, 0) is 6.61 Å². The molecule has 0 fully saturated rings. The van der Waals surface area contributed by atoms with Gasteiger partial charge in [0, 0.05) is 28.0 Å². The summed E-state index contributed by atoms with van der Waals surface area (Å²) in [5.41, 5.74) is 0.772. The van der Waals surface area contributed by atoms with Crippen molar-refractivity contribution >= 4 is 21.7 Å². The maximum absolute atomic E-state index is 13.8. The second-order valence-corrected chi connectivity index (χ2v) is 6.39. The Morgan fingerprint density at radius 1 is 0.964 bits per heavy atom. The van der Waals surface area contributed by atoms with Crippen LogP contribution in [0.25, 0.3) is 21.7 Å². The van der Waals surface area contributed by atoms with Crippen LogP contribution in [0.1, 0.15) is 11.1 Å². The number of hydrogen-bond acceptors (Lipinski definition) is 4. The van der Waals surface area contributed by atoms with Crippen LogP contribution >= 0.6 is 0 Å². The van der Waals surface area contributed by atoms with Gasteiger partial charge in [0.1, 0.15) is 35.3 Å². The zero-order valence-electron chi connectivity index (χ0n) is 15.2. The van der Waals surface area contributed by atoms with Crippen LogP contribution in [0.3, 0.4) is 0 Å². The van der Waals surface area contributed by atoms with E-state index in [1.807, 2.05) is 0 Å². The third-order valence-corrected chi connectivity index (χ3v) is 4.69. The first-order chi connectivity index (χ1) is 13.5. The summed E-state index contributed by atoms with van der Waals surface area (Å²) >= 11 is 0. The van der Waals surface area contributed by atoms with Gasteiger partial charge in [-0.05, 0) is 49.4 Å². The Hall–Kier alpha value is -3.41. The molecule has 4 rings (SSSR count). The first-order valence-corrected chi connectivity index (χ1v) is 8.59. The number of fused-ring (bicyclic) bond motifs is 3. The van der Waals surface area contributed by atoms with E-state index in [4.69, 9.17) is 13.9 Å². The molecule has 0 amide bonds. The molecule has 28 heavy (non-hydrogen) atoms. The van der Waals surface area contributed by atoms with E-state index in [2.05, 4.69) is 0 Å². The molecule has 0 aliphatic carbocycles. The van der Waals surface area contributed by atoms with Gasteiger partial charge in [-0.15, -0.1) is 0 Å². The van der Waals surface area contributed by atoms with Gasteiger partial charge in [-0.2, -0.15) is 0 Å². The summed E-state index contributed by atoms with van der Waals surface area (Å²) in [4.78, 5) is 12.4. The van der Waals surface area contributed by atoms with E-state index in [9.17, 15) is 13.6 Å². The maximum atomic E-state index is 13.8. The van der Waals surface area contributed by atoms with Crippen LogP contribution < -0.4 is 15.1 Å². The molecule has 0 spiro atoms. The average Bonchev–Trinajstić information content (AvgIpc) is 2.69. The van der Waals surface area contributed by atoms with E-state index >= 15 is 0 Å². The standard InChI is InChI=1S/C22H16F2O4/c1-12-20(27-11-13-3-4-14(23)9-19(13)24)8-7-17-16-6-5-15(26-2)10-18(16)22(25)28-21(12)17/h3-10H,11H2,1-2H3. The minimum atomic E-state index is -0.676. The molecule has 0 aliphatic heterocycles. The quantitative estimate of drug-likeness (QED) is 0.363. The van der Waals surface area contributed by atoms with E-state index in [0.717, 1.165) is 16.8 Å². The number of hydrogen-bond donors (Lipinski definition) is 0. The van der Waals surface area contributed by atoms with Crippen LogP contribution in [0.4, 0.5) is 8.78 Å². The van der Waals surface area contributed by atoms with Gasteiger partial charge in [0.2, 0.25) is 0 Å². The Kier molecular flexibility index (Phi) is 4.47. The molecule has 4 nitrogen and oxygen atoms in total. The molecule has 0 saturated heterocycles. The minimum absolute atomic E-state index is 0.0759. The average molecular weight is 382 g/mol. The van der Waals surface area contributed by atoms with Gasteiger partial charge in [0.25, 0.3) is 0 Å². The lowest BCUT2D eigenvalue weighted by atomic mass is 10.0. The maximum Gasteiger partial charge on any atom is 0.344 e. The fourth-order valence-corrected chi connectivity index (χ4v) is 3.17. The summed E-state index contributed by atoms with van der Waals surface area (Å²) in [6.07, 6.45) is 0. The summed E-state index contributed by atoms with van der Waals surface area (Å²) in [5, 5.41) is 1.93. The number of halogens is 2. The minimum Gasteiger partial charge on any atom is -0.497 e. The van der Waals surface area contributed by atoms with Crippen molar-refractivity contribution in [2.75, 3.05) is 7.11 Å². The normalized spacial score (nSPS) is 11.1. The van der Waals surface area contributed by atoms with Crippen molar-refractivity contribution in [1.29, 1.82) is 0 Å². The molecule has 0 saturated carbocycles. The Balaban J connectivity index is 1.76. The van der Waals surface area contributed by atoms with Crippen LogP contribution in [0.2, 0.25) is 0 Å². The molecule has 6 heteroatoms. The predicted molar refractivity (Wildman–Crippen MR) is 102 cm³/mol. The van der Waals surface area contributed by atoms with Gasteiger partial charge in [0.15, 0.2) is 0 Å². The molecule has 0 unspecified atom stereocenters. The molecular formula is C22H16F2O4. The van der Waals surface area contributed by atoms with Gasteiger partial charge in [0.05, 0.1) is 12.5 Å². The van der Waals surface area contributed by atoms with Crippen molar-refractivity contribution in [1.82, 2.24) is 0 Å². The lowest BCUT2D eigenvalue weighted by molar-refractivity contribution is 0.297. The molecule has 0 radical (unpaired) electrons. The highest BCUT2D eigenvalue weighted by molar-refractivity contribution is 6.05. The highest BCUT2D eigenvalue weighted by Gasteiger charge is 2.14. The summed E-state index contributed by atoms with van der Waals surface area (Å²) in [7, 11) is 1.53. The van der Waals surface area contributed by atoms with Gasteiger partial charge < -0.3 is 13.9 Å². The highest BCUT2D eigenvalue weighted by atomic mass is 19.1. The molecule has 4 aromatic rings. The third kappa shape index (κ3) is 3.07. The van der Waals surface area contributed by atoms with Crippen molar-refractivity contribution in [3.63, 3.8) is 0 Å². The highest BCUT2D eigenvalue weighted by Crippen LogP contribution is 2.32. The zero-order chi connectivity index (χ0) is 19.8. The molecule has 1 heterocycles. The van der Waals surface area contributed by atoms with Crippen molar-refractivity contribution in [2.24, 2.45) is 0 Å². The van der Waals surface area contributed by atoms with Crippen LogP contribution in [-0.4, -0.2) is 7.11 Å². The summed E-state index contributed by atoms with van der Waals surface area (Å²) in [5.74, 6) is -0.303. The van der Waals surface area contributed by atoms with E-state index < -0.39 is 17.3 Å². The predicted octanol–water partition coefficient (Wildman–Crippen LogP) is 5.12. The van der Waals surface area contributed by atoms with Gasteiger partial charge in [-0.25, -0.2) is 13.6 Å². The lowest BCUT2D eigenvalue weighted by Crippen LogP contribution is -2.03. The smallest absolute Gasteiger partial charge is 0.344 e. The molecule has 0 N–H and O–H groups in total. The van der Waals surface area contributed by atoms with E-state index in [1.54, 1.807) is 37.3 Å². The van der Waals surface area contributed by atoms with E-state index in [1.165, 1.54) is 19.2 Å². The Morgan fingerprint density at radius 2 is 1.75 bits per heavy atom. The van der Waals surface area contributed by atoms with Crippen LogP contribution in [0.5, 0.6) is 11.5 Å². The summed E-state index contributed by atoms with van der Waals surface area (Å²) in [6.45, 7) is 1.68. The van der Waals surface area contributed by atoms with Gasteiger partial charge >= 0.3 is 5.63 Å². The molecule has 0 aliphatic rings. The lowest BCUT2D eigenvalue weighted by Gasteiger charge is -2.12. The number of ether oxygens (including phenoxy) is 2. The van der Waals surface area contributed by atoms with Gasteiger partial charge in [-0.3, -0.25) is 0 Å². The number of rotatable bonds is 4. The Morgan fingerprint density at radius 3 is 2.50 bits per heavy atom. The second-order valence-electron chi connectivity index (χ2n) is 6.39. The van der Waals surface area contributed by atoms with Crippen molar-refractivity contribution in [2.45, 2.75) is 13.5 Å². The van der Waals surface area contributed by atoms with Crippen molar-refractivity contribution < 1.29 is 22.7 Å². The number of methoxy groups -OCH3 is 1. The van der Waals surface area contributed by atoms with Crippen LogP contribution in [0, 0.1) is 18.6 Å². The molecule has 142 valence electrons. The fourth-order valence-electron chi connectivity index (χ4n) is 3.17. The van der Waals surface area contributed by atoms with E-state index in [-0.39, 0.29) is 12.2 Å².